The summed E-state index contributed by atoms with van der Waals surface area (Å²) in [4.78, 5) is 0. The van der Waals surface area contributed by atoms with Gasteiger partial charge in [0.25, 0.3) is 0 Å². The maximum atomic E-state index is 6.41. The van der Waals surface area contributed by atoms with E-state index in [1.807, 2.05) is 30.5 Å². The van der Waals surface area contributed by atoms with E-state index in [0.717, 1.165) is 47.4 Å². The third-order valence-electron chi connectivity index (χ3n) is 3.58. The number of aromatic nitrogens is 2. The molecule has 1 aromatic heterocycles. The van der Waals surface area contributed by atoms with Gasteiger partial charge in [0.05, 0.1) is 29.1 Å². The predicted octanol–water partition coefficient (Wildman–Crippen LogP) is 1.90. The van der Waals surface area contributed by atoms with Crippen molar-refractivity contribution >= 4 is 23.4 Å². The Kier molecular flexibility index (Phi) is 5.57. The van der Waals surface area contributed by atoms with E-state index in [9.17, 15) is 0 Å². The Morgan fingerprint density at radius 3 is 2.95 bits per heavy atom. The largest absolute Gasteiger partial charge is 0.375 e. The first-order valence-electron chi connectivity index (χ1n) is 6.74. The van der Waals surface area contributed by atoms with Crippen LogP contribution in [0, 0.1) is 0 Å². The van der Waals surface area contributed by atoms with Crippen LogP contribution >= 0.6 is 23.4 Å². The summed E-state index contributed by atoms with van der Waals surface area (Å²) in [6, 6.07) is 0.283. The second kappa shape index (κ2) is 6.97. The van der Waals surface area contributed by atoms with Crippen LogP contribution in [0.25, 0.3) is 0 Å². The van der Waals surface area contributed by atoms with Gasteiger partial charge in [-0.3, -0.25) is 4.68 Å². The monoisotopic (exact) mass is 303 g/mol. The van der Waals surface area contributed by atoms with E-state index in [1.54, 1.807) is 0 Å². The Labute approximate surface area is 124 Å². The number of nitrogens with zero attached hydrogens (tertiary/aromatic N) is 2. The van der Waals surface area contributed by atoms with Crippen molar-refractivity contribution in [1.29, 1.82) is 0 Å². The molecular weight excluding hydrogens is 282 g/mol. The molecule has 4 nitrogen and oxygen atoms in total. The van der Waals surface area contributed by atoms with Crippen molar-refractivity contribution in [3.8, 4) is 0 Å². The molecule has 19 heavy (non-hydrogen) atoms. The fraction of sp³-hybridized carbons (Fsp3) is 0.769. The smallest absolute Gasteiger partial charge is 0.0850 e. The molecule has 0 aliphatic carbocycles. The Bertz CT molecular complexity index is 418. The molecule has 0 aromatic carbocycles. The van der Waals surface area contributed by atoms with Gasteiger partial charge in [-0.1, -0.05) is 18.5 Å². The van der Waals surface area contributed by atoms with Crippen LogP contribution in [0.5, 0.6) is 0 Å². The van der Waals surface area contributed by atoms with E-state index in [-0.39, 0.29) is 12.1 Å². The molecule has 1 N–H and O–H groups in total. The van der Waals surface area contributed by atoms with E-state index < -0.39 is 0 Å². The molecule has 108 valence electrons. The predicted molar refractivity (Wildman–Crippen MR) is 81.2 cm³/mol. The highest BCUT2D eigenvalue weighted by atomic mass is 35.5. The Balaban J connectivity index is 2.11. The van der Waals surface area contributed by atoms with Crippen LogP contribution in [0.4, 0.5) is 0 Å². The minimum absolute atomic E-state index is 0.250. The molecule has 1 aliphatic rings. The highest BCUT2D eigenvalue weighted by Gasteiger charge is 2.26. The minimum Gasteiger partial charge on any atom is -0.375 e. The zero-order chi connectivity index (χ0) is 13.8. The van der Waals surface area contributed by atoms with Gasteiger partial charge in [0, 0.05) is 31.0 Å². The molecule has 6 heteroatoms. The number of aryl methyl sites for hydroxylation is 2. The topological polar surface area (TPSA) is 39.1 Å². The number of hydrogen-bond acceptors (Lipinski definition) is 4. The Hall–Kier alpha value is -0.230. The number of nitrogens with one attached hydrogen (secondary N) is 1. The van der Waals surface area contributed by atoms with Crippen molar-refractivity contribution in [1.82, 2.24) is 15.1 Å². The minimum atomic E-state index is 0.250. The van der Waals surface area contributed by atoms with Gasteiger partial charge in [0.15, 0.2) is 0 Å². The van der Waals surface area contributed by atoms with Crippen LogP contribution in [0.1, 0.15) is 18.3 Å². The maximum absolute atomic E-state index is 6.41. The van der Waals surface area contributed by atoms with Gasteiger partial charge < -0.3 is 10.1 Å². The SMILES string of the molecule is CCc1nn(C)c(CC(NC)C2CSCCO2)c1Cl. The summed E-state index contributed by atoms with van der Waals surface area (Å²) in [6.07, 6.45) is 1.97. The molecule has 0 radical (unpaired) electrons. The third kappa shape index (κ3) is 3.45. The summed E-state index contributed by atoms with van der Waals surface area (Å²) >= 11 is 8.37. The standard InChI is InChI=1S/C13H22ClN3OS/c1-4-9-13(14)11(17(3)16-9)7-10(15-2)12-8-19-6-5-18-12/h10,12,15H,4-8H2,1-3H3. The lowest BCUT2D eigenvalue weighted by Crippen LogP contribution is -2.45. The average molecular weight is 304 g/mol. The van der Waals surface area contributed by atoms with Crippen LogP contribution in [-0.2, 0) is 24.6 Å². The second-order valence-electron chi connectivity index (χ2n) is 4.77. The molecule has 0 spiro atoms. The van der Waals surface area contributed by atoms with Crippen LogP contribution < -0.4 is 5.32 Å². The van der Waals surface area contributed by atoms with E-state index in [4.69, 9.17) is 16.3 Å². The van der Waals surface area contributed by atoms with Crippen molar-refractivity contribution in [2.24, 2.45) is 7.05 Å². The van der Waals surface area contributed by atoms with E-state index >= 15 is 0 Å². The zero-order valence-electron chi connectivity index (χ0n) is 11.8. The number of thioether (sulfide) groups is 1. The number of likely N-dealkylation sites (N-methyl/N-ethyl adjacent to an activating group) is 1. The number of rotatable bonds is 5. The summed E-state index contributed by atoms with van der Waals surface area (Å²) in [5.74, 6) is 2.14. The molecule has 0 bridgehead atoms. The fourth-order valence-electron chi connectivity index (χ4n) is 2.41. The molecule has 0 saturated carbocycles. The van der Waals surface area contributed by atoms with Gasteiger partial charge in [-0.15, -0.1) is 0 Å². The van der Waals surface area contributed by atoms with Crippen molar-refractivity contribution in [2.45, 2.75) is 31.9 Å². The molecule has 1 aromatic rings. The molecule has 2 atom stereocenters. The quantitative estimate of drug-likeness (QED) is 0.902. The van der Waals surface area contributed by atoms with Crippen molar-refractivity contribution < 1.29 is 4.74 Å². The van der Waals surface area contributed by atoms with Gasteiger partial charge in [0.1, 0.15) is 0 Å². The van der Waals surface area contributed by atoms with Gasteiger partial charge in [-0.05, 0) is 13.5 Å². The number of halogens is 1. The Morgan fingerprint density at radius 1 is 1.63 bits per heavy atom. The van der Waals surface area contributed by atoms with Gasteiger partial charge in [-0.2, -0.15) is 16.9 Å². The zero-order valence-corrected chi connectivity index (χ0v) is 13.4. The highest BCUT2D eigenvalue weighted by Crippen LogP contribution is 2.24. The van der Waals surface area contributed by atoms with Crippen LogP contribution in [0.3, 0.4) is 0 Å². The summed E-state index contributed by atoms with van der Waals surface area (Å²) in [5, 5.41) is 8.65. The first-order valence-corrected chi connectivity index (χ1v) is 8.27. The maximum Gasteiger partial charge on any atom is 0.0850 e. The van der Waals surface area contributed by atoms with Gasteiger partial charge >= 0.3 is 0 Å². The summed E-state index contributed by atoms with van der Waals surface area (Å²) in [5.41, 5.74) is 2.07. The van der Waals surface area contributed by atoms with E-state index in [2.05, 4.69) is 17.3 Å². The molecule has 2 rings (SSSR count). The third-order valence-corrected chi connectivity index (χ3v) is 5.03. The number of hydrogen-bond donors (Lipinski definition) is 1. The molecule has 0 amide bonds. The molecule has 2 unspecified atom stereocenters. The summed E-state index contributed by atoms with van der Waals surface area (Å²) in [7, 11) is 3.95. The summed E-state index contributed by atoms with van der Waals surface area (Å²) in [6.45, 7) is 2.92. The fourth-order valence-corrected chi connectivity index (χ4v) is 3.72. The van der Waals surface area contributed by atoms with E-state index in [0.29, 0.717) is 0 Å². The lowest BCUT2D eigenvalue weighted by molar-refractivity contribution is 0.0487. The first-order chi connectivity index (χ1) is 9.17. The number of ether oxygens (including phenoxy) is 1. The Morgan fingerprint density at radius 2 is 2.42 bits per heavy atom. The summed E-state index contributed by atoms with van der Waals surface area (Å²) < 4.78 is 7.76. The normalized spacial score (nSPS) is 21.6. The van der Waals surface area contributed by atoms with Crippen molar-refractivity contribution in [3.05, 3.63) is 16.4 Å². The van der Waals surface area contributed by atoms with Gasteiger partial charge in [-0.25, -0.2) is 0 Å². The lowest BCUT2D eigenvalue weighted by Gasteiger charge is -2.30. The van der Waals surface area contributed by atoms with Crippen molar-refractivity contribution in [3.63, 3.8) is 0 Å². The second-order valence-corrected chi connectivity index (χ2v) is 6.30. The first kappa shape index (κ1) is 15.2. The van der Waals surface area contributed by atoms with Crippen LogP contribution in [0.2, 0.25) is 5.02 Å². The molecular formula is C13H22ClN3OS. The average Bonchev–Trinajstić information content (AvgIpc) is 2.72. The highest BCUT2D eigenvalue weighted by molar-refractivity contribution is 7.99. The molecule has 1 aliphatic heterocycles. The molecule has 1 saturated heterocycles. The van der Waals surface area contributed by atoms with Crippen LogP contribution in [0.15, 0.2) is 0 Å². The van der Waals surface area contributed by atoms with Crippen molar-refractivity contribution in [2.75, 3.05) is 25.2 Å². The van der Waals surface area contributed by atoms with E-state index in [1.165, 1.54) is 0 Å². The molecule has 2 heterocycles. The molecule has 1 fully saturated rings. The van der Waals surface area contributed by atoms with Gasteiger partial charge in [0.2, 0.25) is 0 Å². The lowest BCUT2D eigenvalue weighted by atomic mass is 10.1. The van der Waals surface area contributed by atoms with Crippen LogP contribution in [-0.4, -0.2) is 47.1 Å².